The van der Waals surface area contributed by atoms with Gasteiger partial charge in [-0.3, -0.25) is 9.59 Å². The Morgan fingerprint density at radius 1 is 1.15 bits per heavy atom. The van der Waals surface area contributed by atoms with Gasteiger partial charge in [0.05, 0.1) is 11.5 Å². The smallest absolute Gasteiger partial charge is 0.234 e. The normalized spacial score (nSPS) is 10.7. The highest BCUT2D eigenvalue weighted by atomic mass is 35.5. The van der Waals surface area contributed by atoms with Crippen molar-refractivity contribution in [2.75, 3.05) is 29.9 Å². The summed E-state index contributed by atoms with van der Waals surface area (Å²) in [6.45, 7) is 7.23. The number of aryl methyl sites for hydroxylation is 1. The van der Waals surface area contributed by atoms with Crippen LogP contribution in [-0.4, -0.2) is 51.5 Å². The Hall–Kier alpha value is -1.29. The summed E-state index contributed by atoms with van der Waals surface area (Å²) in [5.41, 5.74) is 1.65. The number of aromatic nitrogens is 2. The number of hydrogen-bond donors (Lipinski definition) is 1. The third-order valence-electron chi connectivity index (χ3n) is 3.62. The van der Waals surface area contributed by atoms with Gasteiger partial charge in [0.25, 0.3) is 0 Å². The lowest BCUT2D eigenvalue weighted by atomic mass is 10.2. The van der Waals surface area contributed by atoms with Gasteiger partial charge in [-0.15, -0.1) is 10.2 Å². The van der Waals surface area contributed by atoms with Crippen LogP contribution in [0.4, 0.5) is 5.69 Å². The quantitative estimate of drug-likeness (QED) is 0.584. The highest BCUT2D eigenvalue weighted by Gasteiger charge is 2.13. The van der Waals surface area contributed by atoms with Crippen molar-refractivity contribution in [1.29, 1.82) is 0 Å². The van der Waals surface area contributed by atoms with Gasteiger partial charge in [0.2, 0.25) is 11.8 Å². The second-order valence-corrected chi connectivity index (χ2v) is 9.34. The number of amides is 2. The summed E-state index contributed by atoms with van der Waals surface area (Å²) < 4.78 is 1.43. The van der Waals surface area contributed by atoms with Crippen LogP contribution < -0.4 is 5.32 Å². The summed E-state index contributed by atoms with van der Waals surface area (Å²) in [7, 11) is 0. The average Bonchev–Trinajstić information content (AvgIpc) is 3.10. The van der Waals surface area contributed by atoms with Crippen molar-refractivity contribution in [3.8, 4) is 0 Å². The topological polar surface area (TPSA) is 75.2 Å². The van der Waals surface area contributed by atoms with Crippen molar-refractivity contribution in [1.82, 2.24) is 15.1 Å². The number of carbonyl (C=O) groups is 2. The highest BCUT2D eigenvalue weighted by molar-refractivity contribution is 8.03. The summed E-state index contributed by atoms with van der Waals surface area (Å²) in [6, 6.07) is 5.37. The Bertz CT molecular complexity index is 796. The van der Waals surface area contributed by atoms with Crippen LogP contribution in [0.5, 0.6) is 0 Å². The lowest BCUT2D eigenvalue weighted by Crippen LogP contribution is -2.31. The summed E-state index contributed by atoms with van der Waals surface area (Å²) in [5, 5.41) is 11.6. The molecule has 1 heterocycles. The number of nitrogens with one attached hydrogen (secondary N) is 1. The van der Waals surface area contributed by atoms with E-state index in [1.165, 1.54) is 34.9 Å². The highest BCUT2D eigenvalue weighted by Crippen LogP contribution is 2.29. The Morgan fingerprint density at radius 2 is 1.78 bits per heavy atom. The molecule has 0 radical (unpaired) electrons. The molecule has 0 atom stereocenters. The molecule has 146 valence electrons. The predicted molar refractivity (Wildman–Crippen MR) is 114 cm³/mol. The van der Waals surface area contributed by atoms with E-state index in [9.17, 15) is 9.59 Å². The van der Waals surface area contributed by atoms with Crippen molar-refractivity contribution in [3.63, 3.8) is 0 Å². The van der Waals surface area contributed by atoms with Gasteiger partial charge in [-0.05, 0) is 38.5 Å². The maximum atomic E-state index is 12.1. The summed E-state index contributed by atoms with van der Waals surface area (Å²) >= 11 is 10.0. The van der Waals surface area contributed by atoms with E-state index in [2.05, 4.69) is 15.5 Å². The number of halogens is 1. The minimum Gasteiger partial charge on any atom is -0.343 e. The molecule has 1 aromatic heterocycles. The Labute approximate surface area is 176 Å². The number of carbonyl (C=O) groups excluding carboxylic acids is 2. The third kappa shape index (κ3) is 6.99. The summed E-state index contributed by atoms with van der Waals surface area (Å²) in [4.78, 5) is 25.9. The number of hydrogen-bond acceptors (Lipinski definition) is 7. The summed E-state index contributed by atoms with van der Waals surface area (Å²) in [5.74, 6) is 0.524. The molecule has 0 saturated carbocycles. The fraction of sp³-hybridized carbons (Fsp3) is 0.412. The van der Waals surface area contributed by atoms with E-state index in [-0.39, 0.29) is 17.6 Å². The van der Waals surface area contributed by atoms with E-state index >= 15 is 0 Å². The Kier molecular flexibility index (Phi) is 8.88. The maximum Gasteiger partial charge on any atom is 0.234 e. The van der Waals surface area contributed by atoms with E-state index < -0.39 is 0 Å². The van der Waals surface area contributed by atoms with E-state index in [0.717, 1.165) is 9.90 Å². The van der Waals surface area contributed by atoms with Crippen molar-refractivity contribution in [2.45, 2.75) is 29.5 Å². The first-order chi connectivity index (χ1) is 12.9. The number of nitrogens with zero attached hydrogens (tertiary/aromatic N) is 3. The van der Waals surface area contributed by atoms with E-state index in [1.807, 2.05) is 26.8 Å². The molecule has 0 aliphatic carbocycles. The zero-order valence-corrected chi connectivity index (χ0v) is 18.5. The molecule has 2 aromatic rings. The van der Waals surface area contributed by atoms with Crippen LogP contribution in [0.3, 0.4) is 0 Å². The molecule has 2 rings (SSSR count). The van der Waals surface area contributed by atoms with Gasteiger partial charge in [0, 0.05) is 23.8 Å². The molecule has 0 saturated heterocycles. The SMILES string of the molecule is CCN(CC)C(=O)CSc1nnc(SCC(=O)Nc2cc(Cl)ccc2C)s1. The predicted octanol–water partition coefficient (Wildman–Crippen LogP) is 4.19. The first-order valence-electron chi connectivity index (χ1n) is 8.35. The van der Waals surface area contributed by atoms with E-state index in [0.29, 0.717) is 33.9 Å². The zero-order chi connectivity index (χ0) is 19.8. The Balaban J connectivity index is 1.81. The van der Waals surface area contributed by atoms with Crippen LogP contribution in [0.15, 0.2) is 26.9 Å². The van der Waals surface area contributed by atoms with E-state index in [1.54, 1.807) is 17.0 Å². The number of anilines is 1. The molecule has 0 fully saturated rings. The standard InChI is InChI=1S/C17H21ClN4O2S3/c1-4-22(5-2)15(24)10-26-17-21-20-16(27-17)25-9-14(23)19-13-8-12(18)7-6-11(13)3/h6-8H,4-5,9-10H2,1-3H3,(H,19,23). The minimum absolute atomic E-state index is 0.0886. The third-order valence-corrected chi connectivity index (χ3v) is 7.03. The van der Waals surface area contributed by atoms with Gasteiger partial charge in [0.15, 0.2) is 8.68 Å². The molecule has 27 heavy (non-hydrogen) atoms. The largest absolute Gasteiger partial charge is 0.343 e. The van der Waals surface area contributed by atoms with Crippen LogP contribution in [0.2, 0.25) is 5.02 Å². The van der Waals surface area contributed by atoms with Gasteiger partial charge < -0.3 is 10.2 Å². The van der Waals surface area contributed by atoms with Crippen LogP contribution in [0.25, 0.3) is 0 Å². The summed E-state index contributed by atoms with van der Waals surface area (Å²) in [6.07, 6.45) is 0. The number of thioether (sulfide) groups is 2. The van der Waals surface area contributed by atoms with Crippen LogP contribution >= 0.6 is 46.5 Å². The first-order valence-corrected chi connectivity index (χ1v) is 11.5. The van der Waals surface area contributed by atoms with Crippen LogP contribution in [0, 0.1) is 6.92 Å². The van der Waals surface area contributed by atoms with Gasteiger partial charge >= 0.3 is 0 Å². The number of benzene rings is 1. The van der Waals surface area contributed by atoms with Crippen molar-refractivity contribution >= 4 is 64.0 Å². The molecular formula is C17H21ClN4O2S3. The van der Waals surface area contributed by atoms with Gasteiger partial charge in [0.1, 0.15) is 0 Å². The first kappa shape index (κ1) is 22.0. The monoisotopic (exact) mass is 444 g/mol. The lowest BCUT2D eigenvalue weighted by Gasteiger charge is -2.17. The molecule has 0 aliphatic rings. The number of rotatable bonds is 9. The molecule has 0 bridgehead atoms. The second kappa shape index (κ2) is 10.9. The van der Waals surface area contributed by atoms with Gasteiger partial charge in [-0.1, -0.05) is 52.5 Å². The maximum absolute atomic E-state index is 12.1. The second-order valence-electron chi connectivity index (χ2n) is 5.48. The van der Waals surface area contributed by atoms with Crippen LogP contribution in [-0.2, 0) is 9.59 Å². The van der Waals surface area contributed by atoms with Crippen LogP contribution in [0.1, 0.15) is 19.4 Å². The van der Waals surface area contributed by atoms with Gasteiger partial charge in [-0.2, -0.15) is 0 Å². The molecule has 10 heteroatoms. The zero-order valence-electron chi connectivity index (χ0n) is 15.3. The molecule has 1 aromatic carbocycles. The van der Waals surface area contributed by atoms with Crippen molar-refractivity contribution < 1.29 is 9.59 Å². The van der Waals surface area contributed by atoms with Gasteiger partial charge in [-0.25, -0.2) is 0 Å². The molecule has 1 N–H and O–H groups in total. The fourth-order valence-electron chi connectivity index (χ4n) is 2.15. The van der Waals surface area contributed by atoms with Crippen molar-refractivity contribution in [2.24, 2.45) is 0 Å². The molecule has 6 nitrogen and oxygen atoms in total. The molecule has 0 aliphatic heterocycles. The van der Waals surface area contributed by atoms with Crippen molar-refractivity contribution in [3.05, 3.63) is 28.8 Å². The molecule has 0 unspecified atom stereocenters. The molecular weight excluding hydrogens is 424 g/mol. The average molecular weight is 445 g/mol. The molecule has 2 amide bonds. The Morgan fingerprint density at radius 3 is 2.41 bits per heavy atom. The molecule has 0 spiro atoms. The lowest BCUT2D eigenvalue weighted by molar-refractivity contribution is -0.128. The van der Waals surface area contributed by atoms with E-state index in [4.69, 9.17) is 11.6 Å². The fourth-order valence-corrected chi connectivity index (χ4v) is 5.04. The minimum atomic E-state index is -0.133.